The van der Waals surface area contributed by atoms with Crippen molar-refractivity contribution in [2.75, 3.05) is 7.11 Å². The number of carboxylic acids is 1. The van der Waals surface area contributed by atoms with Crippen molar-refractivity contribution in [1.82, 2.24) is 4.98 Å². The van der Waals surface area contributed by atoms with Crippen LogP contribution in [0.2, 0.25) is 0 Å². The van der Waals surface area contributed by atoms with Gasteiger partial charge in [-0.15, -0.1) is 0 Å². The van der Waals surface area contributed by atoms with E-state index in [1.807, 2.05) is 0 Å². The SMILES string of the molecule is COC1CCCC(Oc2ncc(C(=O)O)cc2[N+](=O)[O-])C1. The zero-order valence-corrected chi connectivity index (χ0v) is 11.5. The number of hydrogen-bond donors (Lipinski definition) is 1. The minimum atomic E-state index is -1.27. The first-order chi connectivity index (χ1) is 10.0. The Balaban J connectivity index is 2.19. The number of nitro groups is 1. The van der Waals surface area contributed by atoms with Crippen LogP contribution in [0, 0.1) is 10.1 Å². The van der Waals surface area contributed by atoms with Crippen molar-refractivity contribution in [2.45, 2.75) is 37.9 Å². The summed E-state index contributed by atoms with van der Waals surface area (Å²) in [4.78, 5) is 25.0. The van der Waals surface area contributed by atoms with Gasteiger partial charge < -0.3 is 14.6 Å². The first-order valence-electron chi connectivity index (χ1n) is 6.58. The summed E-state index contributed by atoms with van der Waals surface area (Å²) in [5.41, 5.74) is -0.679. The molecule has 1 N–H and O–H groups in total. The van der Waals surface area contributed by atoms with Gasteiger partial charge in [-0.05, 0) is 19.3 Å². The molecule has 2 unspecified atom stereocenters. The summed E-state index contributed by atoms with van der Waals surface area (Å²) in [7, 11) is 1.62. The smallest absolute Gasteiger partial charge is 0.337 e. The number of hydrogen-bond acceptors (Lipinski definition) is 6. The number of aromatic nitrogens is 1. The first-order valence-corrected chi connectivity index (χ1v) is 6.58. The lowest BCUT2D eigenvalue weighted by Gasteiger charge is -2.28. The second-order valence-corrected chi connectivity index (χ2v) is 4.87. The minimum Gasteiger partial charge on any atom is -0.478 e. The molecule has 0 amide bonds. The van der Waals surface area contributed by atoms with Crippen LogP contribution in [-0.2, 0) is 4.74 Å². The monoisotopic (exact) mass is 296 g/mol. The number of aromatic carboxylic acids is 1. The maximum absolute atomic E-state index is 11.0. The first kappa shape index (κ1) is 15.2. The van der Waals surface area contributed by atoms with Crippen molar-refractivity contribution >= 4 is 11.7 Å². The second kappa shape index (κ2) is 6.49. The number of pyridine rings is 1. The third-order valence-electron chi connectivity index (χ3n) is 3.47. The van der Waals surface area contributed by atoms with Crippen LogP contribution in [0.15, 0.2) is 12.3 Å². The van der Waals surface area contributed by atoms with E-state index >= 15 is 0 Å². The summed E-state index contributed by atoms with van der Waals surface area (Å²) in [6, 6.07) is 0.960. The van der Waals surface area contributed by atoms with Crippen LogP contribution in [0.5, 0.6) is 5.88 Å². The molecule has 0 aliphatic heterocycles. The molecule has 114 valence electrons. The van der Waals surface area contributed by atoms with Gasteiger partial charge in [0.25, 0.3) is 5.88 Å². The third-order valence-corrected chi connectivity index (χ3v) is 3.47. The predicted molar refractivity (Wildman–Crippen MR) is 71.5 cm³/mol. The number of nitrogens with zero attached hydrogens (tertiary/aromatic N) is 2. The summed E-state index contributed by atoms with van der Waals surface area (Å²) in [6.07, 6.45) is 4.15. The van der Waals surface area contributed by atoms with E-state index in [1.54, 1.807) is 7.11 Å². The van der Waals surface area contributed by atoms with Gasteiger partial charge in [-0.3, -0.25) is 10.1 Å². The normalized spacial score (nSPS) is 21.8. The Bertz CT molecular complexity index is 547. The second-order valence-electron chi connectivity index (χ2n) is 4.87. The molecule has 0 spiro atoms. The number of ether oxygens (including phenoxy) is 2. The maximum Gasteiger partial charge on any atom is 0.337 e. The van der Waals surface area contributed by atoms with Crippen molar-refractivity contribution in [3.63, 3.8) is 0 Å². The molecule has 0 saturated heterocycles. The lowest BCUT2D eigenvalue weighted by atomic mass is 9.95. The third kappa shape index (κ3) is 3.66. The molecule has 1 aliphatic carbocycles. The van der Waals surface area contributed by atoms with Crippen LogP contribution in [0.4, 0.5) is 5.69 Å². The summed E-state index contributed by atoms with van der Waals surface area (Å²) >= 11 is 0. The van der Waals surface area contributed by atoms with Crippen molar-refractivity contribution < 1.29 is 24.3 Å². The molecule has 1 heterocycles. The van der Waals surface area contributed by atoms with Gasteiger partial charge in [0.15, 0.2) is 0 Å². The average molecular weight is 296 g/mol. The van der Waals surface area contributed by atoms with Gasteiger partial charge in [-0.25, -0.2) is 9.78 Å². The van der Waals surface area contributed by atoms with E-state index in [2.05, 4.69) is 4.98 Å². The van der Waals surface area contributed by atoms with Gasteiger partial charge in [-0.2, -0.15) is 0 Å². The molecule has 1 aromatic rings. The standard InChI is InChI=1S/C13H16N2O6/c1-20-9-3-2-4-10(6-9)21-12-11(15(18)19)5-8(7-14-12)13(16)17/h5,7,9-10H,2-4,6H2,1H3,(H,16,17). The highest BCUT2D eigenvalue weighted by molar-refractivity contribution is 5.88. The topological polar surface area (TPSA) is 112 Å². The van der Waals surface area contributed by atoms with Gasteiger partial charge in [-0.1, -0.05) is 0 Å². The van der Waals surface area contributed by atoms with Crippen molar-refractivity contribution in [2.24, 2.45) is 0 Å². The van der Waals surface area contributed by atoms with Crippen LogP contribution in [0.3, 0.4) is 0 Å². The number of carbonyl (C=O) groups is 1. The Morgan fingerprint density at radius 2 is 2.19 bits per heavy atom. The average Bonchev–Trinajstić information content (AvgIpc) is 2.47. The van der Waals surface area contributed by atoms with Gasteiger partial charge in [0.2, 0.25) is 0 Å². The van der Waals surface area contributed by atoms with E-state index < -0.39 is 16.6 Å². The van der Waals surface area contributed by atoms with E-state index in [-0.39, 0.29) is 23.7 Å². The Kier molecular flexibility index (Phi) is 4.69. The molecule has 1 aromatic heterocycles. The Labute approximate surface area is 120 Å². The molecule has 2 rings (SSSR count). The molecule has 1 saturated carbocycles. The number of carboxylic acid groups (broad SMARTS) is 1. The molecular weight excluding hydrogens is 280 g/mol. The van der Waals surface area contributed by atoms with Gasteiger partial charge in [0.1, 0.15) is 6.10 Å². The van der Waals surface area contributed by atoms with Gasteiger partial charge in [0, 0.05) is 25.8 Å². The highest BCUT2D eigenvalue weighted by atomic mass is 16.6. The molecule has 21 heavy (non-hydrogen) atoms. The highest BCUT2D eigenvalue weighted by Crippen LogP contribution is 2.30. The summed E-state index contributed by atoms with van der Waals surface area (Å²) in [6.45, 7) is 0. The van der Waals surface area contributed by atoms with E-state index in [1.165, 1.54) is 0 Å². The zero-order chi connectivity index (χ0) is 15.4. The summed E-state index contributed by atoms with van der Waals surface area (Å²) in [5, 5.41) is 19.9. The van der Waals surface area contributed by atoms with Crippen molar-refractivity contribution in [3.05, 3.63) is 27.9 Å². The molecular formula is C13H16N2O6. The summed E-state index contributed by atoms with van der Waals surface area (Å²) in [5.74, 6) is -1.42. The van der Waals surface area contributed by atoms with Crippen molar-refractivity contribution in [1.29, 1.82) is 0 Å². The fraction of sp³-hybridized carbons (Fsp3) is 0.538. The van der Waals surface area contributed by atoms with Crippen LogP contribution in [0.25, 0.3) is 0 Å². The maximum atomic E-state index is 11.0. The number of methoxy groups -OCH3 is 1. The van der Waals surface area contributed by atoms with Crippen molar-refractivity contribution in [3.8, 4) is 5.88 Å². The predicted octanol–water partition coefficient (Wildman–Crippen LogP) is 2.02. The Morgan fingerprint density at radius 3 is 2.81 bits per heavy atom. The zero-order valence-electron chi connectivity index (χ0n) is 11.5. The molecule has 0 aromatic carbocycles. The molecule has 1 fully saturated rings. The highest BCUT2D eigenvalue weighted by Gasteiger charge is 2.27. The molecule has 1 aliphatic rings. The fourth-order valence-corrected chi connectivity index (χ4v) is 2.36. The molecule has 0 radical (unpaired) electrons. The lowest BCUT2D eigenvalue weighted by molar-refractivity contribution is -0.386. The van der Waals surface area contributed by atoms with E-state index in [0.717, 1.165) is 31.5 Å². The van der Waals surface area contributed by atoms with Gasteiger partial charge >= 0.3 is 11.7 Å². The molecule has 8 nitrogen and oxygen atoms in total. The molecule has 8 heteroatoms. The largest absolute Gasteiger partial charge is 0.478 e. The van der Waals surface area contributed by atoms with Crippen LogP contribution >= 0.6 is 0 Å². The van der Waals surface area contributed by atoms with E-state index in [0.29, 0.717) is 6.42 Å². The van der Waals surface area contributed by atoms with E-state index in [4.69, 9.17) is 14.6 Å². The van der Waals surface area contributed by atoms with Crippen LogP contribution in [0.1, 0.15) is 36.0 Å². The quantitative estimate of drug-likeness (QED) is 0.653. The van der Waals surface area contributed by atoms with Gasteiger partial charge in [0.05, 0.1) is 16.6 Å². The number of rotatable bonds is 5. The Morgan fingerprint density at radius 1 is 1.48 bits per heavy atom. The molecule has 2 atom stereocenters. The Hall–Kier alpha value is -2.22. The van der Waals surface area contributed by atoms with Crippen LogP contribution in [-0.4, -0.2) is 40.3 Å². The van der Waals surface area contributed by atoms with Crippen LogP contribution < -0.4 is 4.74 Å². The summed E-state index contributed by atoms with van der Waals surface area (Å²) < 4.78 is 10.9. The fourth-order valence-electron chi connectivity index (χ4n) is 2.36. The van der Waals surface area contributed by atoms with E-state index in [9.17, 15) is 14.9 Å². The lowest BCUT2D eigenvalue weighted by Crippen LogP contribution is -2.30. The molecule has 0 bridgehead atoms. The minimum absolute atomic E-state index is 0.0705.